The van der Waals surface area contributed by atoms with Crippen LogP contribution in [0.1, 0.15) is 5.69 Å². The molecule has 0 spiro atoms. The van der Waals surface area contributed by atoms with Gasteiger partial charge in [-0.1, -0.05) is 12.1 Å². The molecule has 2 aromatic rings. The number of ether oxygens (including phenoxy) is 1. The van der Waals surface area contributed by atoms with E-state index in [1.807, 2.05) is 0 Å². The van der Waals surface area contributed by atoms with E-state index in [1.165, 1.54) is 16.6 Å². The quantitative estimate of drug-likeness (QED) is 0.922. The Morgan fingerprint density at radius 2 is 2.12 bits per heavy atom. The van der Waals surface area contributed by atoms with Crippen molar-refractivity contribution in [2.24, 2.45) is 0 Å². The molecule has 3 rings (SSSR count). The van der Waals surface area contributed by atoms with Gasteiger partial charge in [-0.2, -0.15) is 0 Å². The third kappa shape index (κ3) is 2.39. The van der Waals surface area contributed by atoms with Gasteiger partial charge >= 0.3 is 0 Å². The summed E-state index contributed by atoms with van der Waals surface area (Å²) >= 11 is 3.57. The van der Waals surface area contributed by atoms with Gasteiger partial charge in [0.05, 0.1) is 18.7 Å². The number of benzene rings is 1. The average Bonchev–Trinajstić information content (AvgIpc) is 2.74. The van der Waals surface area contributed by atoms with Crippen LogP contribution in [0.3, 0.4) is 0 Å². The van der Waals surface area contributed by atoms with Crippen molar-refractivity contribution in [3.63, 3.8) is 0 Å². The first-order valence-electron chi connectivity index (χ1n) is 5.89. The molecule has 0 radical (unpaired) electrons. The molecule has 0 unspecified atom stereocenters. The number of fused-ring (bicyclic) bond motifs is 1. The molecule has 2 heterocycles. The van der Waals surface area contributed by atoms with Crippen molar-refractivity contribution in [1.82, 2.24) is 9.88 Å². The summed E-state index contributed by atoms with van der Waals surface area (Å²) in [6.45, 7) is 4.73. The molecule has 0 saturated carbocycles. The Kier molecular flexibility index (Phi) is 3.18. The van der Waals surface area contributed by atoms with Crippen molar-refractivity contribution in [3.05, 3.63) is 34.4 Å². The van der Waals surface area contributed by atoms with Gasteiger partial charge in [0.1, 0.15) is 0 Å². The normalized spacial score (nSPS) is 17.7. The molecule has 17 heavy (non-hydrogen) atoms. The van der Waals surface area contributed by atoms with Crippen molar-refractivity contribution in [1.29, 1.82) is 0 Å². The molecular formula is C13H15BrN2O. The number of aromatic amines is 1. The third-order valence-corrected chi connectivity index (χ3v) is 3.82. The summed E-state index contributed by atoms with van der Waals surface area (Å²) in [5.74, 6) is 0. The van der Waals surface area contributed by atoms with Gasteiger partial charge < -0.3 is 9.72 Å². The molecule has 0 atom stereocenters. The predicted molar refractivity (Wildman–Crippen MR) is 72.1 cm³/mol. The highest BCUT2D eigenvalue weighted by Crippen LogP contribution is 2.24. The number of nitrogens with zero attached hydrogens (tertiary/aromatic N) is 1. The highest BCUT2D eigenvalue weighted by molar-refractivity contribution is 9.10. The van der Waals surface area contributed by atoms with Crippen LogP contribution in [0.25, 0.3) is 10.9 Å². The monoisotopic (exact) mass is 294 g/mol. The molecule has 1 aromatic heterocycles. The van der Waals surface area contributed by atoms with Gasteiger partial charge in [0.2, 0.25) is 0 Å². The van der Waals surface area contributed by atoms with E-state index >= 15 is 0 Å². The van der Waals surface area contributed by atoms with E-state index in [4.69, 9.17) is 4.74 Å². The van der Waals surface area contributed by atoms with Crippen LogP contribution in [0.5, 0.6) is 0 Å². The minimum absolute atomic E-state index is 0.851. The van der Waals surface area contributed by atoms with Crippen molar-refractivity contribution in [2.75, 3.05) is 26.3 Å². The summed E-state index contributed by atoms with van der Waals surface area (Å²) in [6, 6.07) is 8.51. The Morgan fingerprint density at radius 3 is 2.88 bits per heavy atom. The first-order valence-corrected chi connectivity index (χ1v) is 6.68. The lowest BCUT2D eigenvalue weighted by Gasteiger charge is -2.25. The summed E-state index contributed by atoms with van der Waals surface area (Å²) in [7, 11) is 0. The minimum atomic E-state index is 0.851. The maximum absolute atomic E-state index is 5.36. The molecular weight excluding hydrogens is 280 g/mol. The molecule has 90 valence electrons. The molecule has 3 nitrogen and oxygen atoms in total. The SMILES string of the molecule is Brc1cccc2cc(CN3CCOCC3)[nH]c12. The summed E-state index contributed by atoms with van der Waals surface area (Å²) in [5.41, 5.74) is 2.46. The molecule has 1 fully saturated rings. The molecule has 0 amide bonds. The summed E-state index contributed by atoms with van der Waals surface area (Å²) < 4.78 is 6.48. The largest absolute Gasteiger partial charge is 0.379 e. The maximum atomic E-state index is 5.36. The highest BCUT2D eigenvalue weighted by atomic mass is 79.9. The lowest BCUT2D eigenvalue weighted by atomic mass is 10.2. The second-order valence-corrected chi connectivity index (χ2v) is 5.24. The second-order valence-electron chi connectivity index (χ2n) is 4.39. The molecule has 0 bridgehead atoms. The first kappa shape index (κ1) is 11.3. The zero-order valence-electron chi connectivity index (χ0n) is 9.58. The molecule has 1 N–H and O–H groups in total. The first-order chi connectivity index (χ1) is 8.33. The van der Waals surface area contributed by atoms with E-state index in [2.05, 4.69) is 50.1 Å². The fourth-order valence-corrected chi connectivity index (χ4v) is 2.74. The van der Waals surface area contributed by atoms with Gasteiger partial charge in [-0.25, -0.2) is 0 Å². The number of H-pyrrole nitrogens is 1. The van der Waals surface area contributed by atoms with E-state index < -0.39 is 0 Å². The van der Waals surface area contributed by atoms with Crippen LogP contribution in [0, 0.1) is 0 Å². The minimum Gasteiger partial charge on any atom is -0.379 e. The smallest absolute Gasteiger partial charge is 0.0600 e. The van der Waals surface area contributed by atoms with E-state index in [-0.39, 0.29) is 0 Å². The van der Waals surface area contributed by atoms with Crippen LogP contribution in [-0.2, 0) is 11.3 Å². The van der Waals surface area contributed by atoms with E-state index in [0.717, 1.165) is 37.3 Å². The number of hydrogen-bond donors (Lipinski definition) is 1. The van der Waals surface area contributed by atoms with Crippen LogP contribution in [0.15, 0.2) is 28.7 Å². The lowest BCUT2D eigenvalue weighted by Crippen LogP contribution is -2.35. The van der Waals surface area contributed by atoms with E-state index in [1.54, 1.807) is 0 Å². The zero-order chi connectivity index (χ0) is 11.7. The molecule has 0 aliphatic carbocycles. The van der Waals surface area contributed by atoms with Crippen molar-refractivity contribution < 1.29 is 4.74 Å². The molecule has 1 aliphatic heterocycles. The predicted octanol–water partition coefficient (Wildman–Crippen LogP) is 2.76. The highest BCUT2D eigenvalue weighted by Gasteiger charge is 2.12. The number of halogens is 1. The fraction of sp³-hybridized carbons (Fsp3) is 0.385. The number of hydrogen-bond acceptors (Lipinski definition) is 2. The van der Waals surface area contributed by atoms with E-state index in [9.17, 15) is 0 Å². The second kappa shape index (κ2) is 4.80. The van der Waals surface area contributed by atoms with Crippen LogP contribution in [0.4, 0.5) is 0 Å². The molecule has 4 heteroatoms. The number of morpholine rings is 1. The fourth-order valence-electron chi connectivity index (χ4n) is 2.26. The van der Waals surface area contributed by atoms with Gasteiger partial charge in [0.25, 0.3) is 0 Å². The van der Waals surface area contributed by atoms with Crippen LogP contribution >= 0.6 is 15.9 Å². The van der Waals surface area contributed by atoms with Gasteiger partial charge in [-0.3, -0.25) is 4.90 Å². The third-order valence-electron chi connectivity index (χ3n) is 3.16. The Balaban J connectivity index is 1.83. The van der Waals surface area contributed by atoms with Crippen molar-refractivity contribution >= 4 is 26.8 Å². The number of nitrogens with one attached hydrogen (secondary N) is 1. The van der Waals surface area contributed by atoms with Crippen LogP contribution in [-0.4, -0.2) is 36.2 Å². The standard InChI is InChI=1S/C13H15BrN2O/c14-12-3-1-2-10-8-11(15-13(10)12)9-16-4-6-17-7-5-16/h1-3,8,15H,4-7,9H2. The summed E-state index contributed by atoms with van der Waals surface area (Å²) in [6.07, 6.45) is 0. The van der Waals surface area contributed by atoms with Crippen molar-refractivity contribution in [3.8, 4) is 0 Å². The zero-order valence-corrected chi connectivity index (χ0v) is 11.2. The van der Waals surface area contributed by atoms with Gasteiger partial charge in [-0.15, -0.1) is 0 Å². The van der Waals surface area contributed by atoms with E-state index in [0.29, 0.717) is 0 Å². The molecule has 1 aromatic carbocycles. The number of aromatic nitrogens is 1. The van der Waals surface area contributed by atoms with Gasteiger partial charge in [0, 0.05) is 35.2 Å². The van der Waals surface area contributed by atoms with Crippen molar-refractivity contribution in [2.45, 2.75) is 6.54 Å². The number of para-hydroxylation sites is 1. The average molecular weight is 295 g/mol. The molecule has 1 aliphatic rings. The number of rotatable bonds is 2. The van der Waals surface area contributed by atoms with Gasteiger partial charge in [-0.05, 0) is 28.1 Å². The summed E-state index contributed by atoms with van der Waals surface area (Å²) in [5, 5.41) is 1.27. The maximum Gasteiger partial charge on any atom is 0.0600 e. The Hall–Kier alpha value is -0.840. The van der Waals surface area contributed by atoms with Crippen LogP contribution < -0.4 is 0 Å². The summed E-state index contributed by atoms with van der Waals surface area (Å²) in [4.78, 5) is 5.90. The lowest BCUT2D eigenvalue weighted by molar-refractivity contribution is 0.0337. The Morgan fingerprint density at radius 1 is 1.29 bits per heavy atom. The Bertz CT molecular complexity index is 517. The topological polar surface area (TPSA) is 28.3 Å². The van der Waals surface area contributed by atoms with Crippen LogP contribution in [0.2, 0.25) is 0 Å². The molecule has 1 saturated heterocycles. The van der Waals surface area contributed by atoms with Gasteiger partial charge in [0.15, 0.2) is 0 Å². The Labute approximate surface area is 109 Å².